The fourth-order valence-corrected chi connectivity index (χ4v) is 4.79. The number of imide groups is 1. The molecule has 2 aliphatic heterocycles. The molecule has 0 radical (unpaired) electrons. The molecule has 4 amide bonds. The van der Waals surface area contributed by atoms with Gasteiger partial charge in [-0.1, -0.05) is 36.4 Å². The quantitative estimate of drug-likeness (QED) is 0.563. The number of anilines is 2. The van der Waals surface area contributed by atoms with Crippen molar-refractivity contribution in [1.29, 1.82) is 0 Å². The number of carbonyl (C=O) groups excluding carboxylic acids is 3. The molecule has 0 unspecified atom stereocenters. The molecule has 0 saturated carbocycles. The van der Waals surface area contributed by atoms with Crippen LogP contribution in [0.3, 0.4) is 0 Å². The average molecular weight is 457 g/mol. The smallest absolute Gasteiger partial charge is 0.325 e. The minimum atomic E-state index is -1.22. The van der Waals surface area contributed by atoms with E-state index in [9.17, 15) is 14.4 Å². The highest BCUT2D eigenvalue weighted by Gasteiger charge is 2.49. The van der Waals surface area contributed by atoms with Gasteiger partial charge in [0.1, 0.15) is 12.1 Å². The van der Waals surface area contributed by atoms with E-state index in [-0.39, 0.29) is 6.54 Å². The number of benzene rings is 3. The van der Waals surface area contributed by atoms with Gasteiger partial charge in [-0.05, 0) is 72.9 Å². The number of rotatable bonds is 5. The van der Waals surface area contributed by atoms with Crippen LogP contribution >= 0.6 is 0 Å². The lowest BCUT2D eigenvalue weighted by atomic mass is 9.90. The first-order valence-electron chi connectivity index (χ1n) is 11.7. The van der Waals surface area contributed by atoms with Crippen LogP contribution in [0.1, 0.15) is 31.7 Å². The van der Waals surface area contributed by atoms with E-state index < -0.39 is 23.4 Å². The largest absolute Gasteiger partial charge is 0.372 e. The molecule has 34 heavy (non-hydrogen) atoms. The van der Waals surface area contributed by atoms with Crippen LogP contribution in [0.2, 0.25) is 0 Å². The van der Waals surface area contributed by atoms with Crippen molar-refractivity contribution < 1.29 is 14.4 Å². The molecule has 7 heteroatoms. The number of urea groups is 1. The maximum atomic E-state index is 13.2. The van der Waals surface area contributed by atoms with Gasteiger partial charge in [-0.3, -0.25) is 14.5 Å². The van der Waals surface area contributed by atoms with Crippen LogP contribution < -0.4 is 15.5 Å². The third kappa shape index (κ3) is 4.09. The average Bonchev–Trinajstić information content (AvgIpc) is 3.08. The van der Waals surface area contributed by atoms with Crippen molar-refractivity contribution in [3.05, 3.63) is 72.3 Å². The number of carbonyl (C=O) groups is 3. The highest BCUT2D eigenvalue weighted by atomic mass is 16.2. The van der Waals surface area contributed by atoms with Gasteiger partial charge < -0.3 is 15.5 Å². The highest BCUT2D eigenvalue weighted by molar-refractivity contribution is 6.10. The number of nitrogens with zero attached hydrogens (tertiary/aromatic N) is 2. The van der Waals surface area contributed by atoms with E-state index in [0.717, 1.165) is 34.4 Å². The van der Waals surface area contributed by atoms with Crippen LogP contribution in [0.15, 0.2) is 66.7 Å². The molecular formula is C27H28N4O3. The first kappa shape index (κ1) is 21.9. The van der Waals surface area contributed by atoms with Crippen LogP contribution in [0.5, 0.6) is 0 Å². The van der Waals surface area contributed by atoms with E-state index in [1.54, 1.807) is 6.92 Å². The second-order valence-electron chi connectivity index (χ2n) is 9.15. The van der Waals surface area contributed by atoms with Gasteiger partial charge in [0.2, 0.25) is 5.91 Å². The number of fused-ring (bicyclic) bond motifs is 1. The molecule has 0 aromatic heterocycles. The van der Waals surface area contributed by atoms with Crippen molar-refractivity contribution in [3.8, 4) is 0 Å². The Hall–Kier alpha value is -3.87. The lowest BCUT2D eigenvalue weighted by Gasteiger charge is -2.28. The van der Waals surface area contributed by atoms with E-state index in [1.165, 1.54) is 19.3 Å². The third-order valence-corrected chi connectivity index (χ3v) is 6.78. The molecule has 2 aliphatic rings. The minimum absolute atomic E-state index is 0.346. The van der Waals surface area contributed by atoms with Crippen molar-refractivity contribution in [2.24, 2.45) is 0 Å². The lowest BCUT2D eigenvalue weighted by molar-refractivity contribution is -0.133. The molecule has 0 spiro atoms. The Morgan fingerprint density at radius 1 is 0.941 bits per heavy atom. The van der Waals surface area contributed by atoms with Gasteiger partial charge in [-0.25, -0.2) is 4.79 Å². The SMILES string of the molecule is C[C@@]1(c2ccc3ccccc3c2)NC(=O)N(CC(=O)Nc2ccc(N3CCCCC3)cc2)C1=O. The Bertz CT molecular complexity index is 1250. The zero-order valence-corrected chi connectivity index (χ0v) is 19.2. The maximum Gasteiger partial charge on any atom is 0.325 e. The molecule has 2 saturated heterocycles. The fourth-order valence-electron chi connectivity index (χ4n) is 4.79. The van der Waals surface area contributed by atoms with Crippen LogP contribution in [0.25, 0.3) is 10.8 Å². The summed E-state index contributed by atoms with van der Waals surface area (Å²) >= 11 is 0. The second-order valence-corrected chi connectivity index (χ2v) is 9.15. The summed E-state index contributed by atoms with van der Waals surface area (Å²) in [5.41, 5.74) is 1.23. The van der Waals surface area contributed by atoms with Gasteiger partial charge in [0.25, 0.3) is 5.91 Å². The van der Waals surface area contributed by atoms with Crippen molar-refractivity contribution in [2.75, 3.05) is 29.9 Å². The summed E-state index contributed by atoms with van der Waals surface area (Å²) < 4.78 is 0. The summed E-state index contributed by atoms with van der Waals surface area (Å²) in [5.74, 6) is -0.861. The van der Waals surface area contributed by atoms with Crippen molar-refractivity contribution in [3.63, 3.8) is 0 Å². The van der Waals surface area contributed by atoms with Gasteiger partial charge in [-0.2, -0.15) is 0 Å². The Balaban J connectivity index is 1.26. The van der Waals surface area contributed by atoms with Crippen LogP contribution in [0, 0.1) is 0 Å². The summed E-state index contributed by atoms with van der Waals surface area (Å²) in [5, 5.41) is 7.61. The summed E-state index contributed by atoms with van der Waals surface area (Å²) in [6.45, 7) is 3.43. The molecule has 5 rings (SSSR count). The van der Waals surface area contributed by atoms with E-state index in [1.807, 2.05) is 66.7 Å². The van der Waals surface area contributed by atoms with Gasteiger partial charge in [-0.15, -0.1) is 0 Å². The van der Waals surface area contributed by atoms with Gasteiger partial charge >= 0.3 is 6.03 Å². The molecule has 2 fully saturated rings. The number of piperidine rings is 1. The minimum Gasteiger partial charge on any atom is -0.372 e. The number of amides is 4. The number of nitrogens with one attached hydrogen (secondary N) is 2. The van der Waals surface area contributed by atoms with Gasteiger partial charge in [0, 0.05) is 24.5 Å². The Kier molecular flexibility index (Phi) is 5.69. The normalized spacial score (nSPS) is 20.5. The molecule has 2 N–H and O–H groups in total. The topological polar surface area (TPSA) is 81.8 Å². The number of hydrogen-bond acceptors (Lipinski definition) is 4. The van der Waals surface area contributed by atoms with Crippen LogP contribution in [-0.4, -0.2) is 42.4 Å². The molecule has 3 aromatic carbocycles. The highest BCUT2D eigenvalue weighted by Crippen LogP contribution is 2.31. The van der Waals surface area contributed by atoms with E-state index in [0.29, 0.717) is 11.3 Å². The monoisotopic (exact) mass is 456 g/mol. The Labute approximate surface area is 198 Å². The van der Waals surface area contributed by atoms with Crippen LogP contribution in [0.4, 0.5) is 16.2 Å². The number of hydrogen-bond donors (Lipinski definition) is 2. The first-order chi connectivity index (χ1) is 16.4. The molecule has 7 nitrogen and oxygen atoms in total. The van der Waals surface area contributed by atoms with Gasteiger partial charge in [0.15, 0.2) is 0 Å². The Morgan fingerprint density at radius 3 is 2.38 bits per heavy atom. The van der Waals surface area contributed by atoms with Crippen LogP contribution in [-0.2, 0) is 15.1 Å². The second kappa shape index (κ2) is 8.82. The molecule has 1 atom stereocenters. The predicted octanol–water partition coefficient (Wildman–Crippen LogP) is 4.24. The predicted molar refractivity (Wildman–Crippen MR) is 133 cm³/mol. The first-order valence-corrected chi connectivity index (χ1v) is 11.7. The van der Waals surface area contributed by atoms with E-state index >= 15 is 0 Å². The maximum absolute atomic E-state index is 13.2. The zero-order chi connectivity index (χ0) is 23.7. The fraction of sp³-hybridized carbons (Fsp3) is 0.296. The van der Waals surface area contributed by atoms with Crippen molar-refractivity contribution >= 4 is 40.0 Å². The molecular weight excluding hydrogens is 428 g/mol. The molecule has 2 heterocycles. The van der Waals surface area contributed by atoms with E-state index in [2.05, 4.69) is 15.5 Å². The third-order valence-electron chi connectivity index (χ3n) is 6.78. The molecule has 174 valence electrons. The Morgan fingerprint density at radius 2 is 1.65 bits per heavy atom. The summed E-state index contributed by atoms with van der Waals surface area (Å²) in [4.78, 5) is 41.9. The molecule has 3 aromatic rings. The summed E-state index contributed by atoms with van der Waals surface area (Å²) in [7, 11) is 0. The van der Waals surface area contributed by atoms with E-state index in [4.69, 9.17) is 0 Å². The lowest BCUT2D eigenvalue weighted by Crippen LogP contribution is -2.42. The summed E-state index contributed by atoms with van der Waals surface area (Å²) in [6.07, 6.45) is 3.67. The van der Waals surface area contributed by atoms with Gasteiger partial charge in [0.05, 0.1) is 0 Å². The van der Waals surface area contributed by atoms with Crippen molar-refractivity contribution in [2.45, 2.75) is 31.7 Å². The zero-order valence-electron chi connectivity index (χ0n) is 19.2. The van der Waals surface area contributed by atoms with Crippen molar-refractivity contribution in [1.82, 2.24) is 10.2 Å². The summed E-state index contributed by atoms with van der Waals surface area (Å²) in [6, 6.07) is 20.6. The standard InChI is InChI=1S/C27H28N4O3/c1-27(21-10-9-19-7-3-4-8-20(19)17-21)25(33)31(26(34)29-27)18-24(32)28-22-11-13-23(14-12-22)30-15-5-2-6-16-30/h3-4,7-14,17H,2,5-6,15-16,18H2,1H3,(H,28,32)(H,29,34)/t27-/m0/s1. The molecule has 0 aliphatic carbocycles. The molecule has 0 bridgehead atoms.